The van der Waals surface area contributed by atoms with Gasteiger partial charge in [-0.05, 0) is 29.8 Å². The highest BCUT2D eigenvalue weighted by Gasteiger charge is 2.22. The Morgan fingerprint density at radius 2 is 1.73 bits per heavy atom. The smallest absolute Gasteiger partial charge is 0.234 e. The second-order valence-corrected chi connectivity index (χ2v) is 8.82. The lowest BCUT2D eigenvalue weighted by atomic mass is 10.2. The standard InChI is InChI=1S/C23H27Cl2FN4O3/c24-17-6-5-16(19(25)11-17)13-27-23(33)15-30-9-7-29(8-10-30)14-18(31)12-22(32)28-21-4-2-1-3-20(21)26/h1-6,11,18,31H,7-10,12-15H2,(H,27,33)(H,28,32). The van der Waals surface area contributed by atoms with Gasteiger partial charge in [-0.25, -0.2) is 4.39 Å². The number of para-hydroxylation sites is 1. The summed E-state index contributed by atoms with van der Waals surface area (Å²) in [7, 11) is 0. The van der Waals surface area contributed by atoms with Crippen molar-refractivity contribution in [3.8, 4) is 0 Å². The molecule has 2 amide bonds. The molecule has 0 radical (unpaired) electrons. The number of carbonyl (C=O) groups excluding carboxylic acids is 2. The number of aliphatic hydroxyl groups excluding tert-OH is 1. The van der Waals surface area contributed by atoms with E-state index in [4.69, 9.17) is 23.2 Å². The largest absolute Gasteiger partial charge is 0.391 e. The molecule has 1 fully saturated rings. The number of amides is 2. The van der Waals surface area contributed by atoms with E-state index in [-0.39, 0.29) is 24.6 Å². The van der Waals surface area contributed by atoms with Crippen LogP contribution in [0.1, 0.15) is 12.0 Å². The average molecular weight is 497 g/mol. The van der Waals surface area contributed by atoms with Gasteiger partial charge in [0.15, 0.2) is 0 Å². The third kappa shape index (κ3) is 8.24. The van der Waals surface area contributed by atoms with Crippen molar-refractivity contribution in [2.45, 2.75) is 19.1 Å². The zero-order valence-corrected chi connectivity index (χ0v) is 19.6. The summed E-state index contributed by atoms with van der Waals surface area (Å²) in [6.45, 7) is 3.61. The number of halogens is 3. The fourth-order valence-corrected chi connectivity index (χ4v) is 4.06. The molecule has 0 bridgehead atoms. The minimum absolute atomic E-state index is 0.0972. The Labute approximate surface area is 202 Å². The van der Waals surface area contributed by atoms with Crippen LogP contribution in [0, 0.1) is 5.82 Å². The first kappa shape index (κ1) is 25.4. The average Bonchev–Trinajstić information content (AvgIpc) is 2.76. The molecular formula is C23H27Cl2FN4O3. The van der Waals surface area contributed by atoms with Crippen molar-refractivity contribution < 1.29 is 19.1 Å². The number of rotatable bonds is 9. The number of nitrogens with zero attached hydrogens (tertiary/aromatic N) is 2. The van der Waals surface area contributed by atoms with E-state index in [0.29, 0.717) is 49.3 Å². The second kappa shape index (κ2) is 12.3. The highest BCUT2D eigenvalue weighted by atomic mass is 35.5. The zero-order chi connectivity index (χ0) is 23.8. The Hall–Kier alpha value is -2.23. The third-order valence-corrected chi connectivity index (χ3v) is 5.95. The maximum Gasteiger partial charge on any atom is 0.234 e. The van der Waals surface area contributed by atoms with Gasteiger partial charge < -0.3 is 15.7 Å². The number of β-amino-alcohol motifs (C(OH)–C–C–N with tert-alkyl or cyclic N) is 1. The molecule has 1 aliphatic rings. The number of aliphatic hydroxyl groups is 1. The summed E-state index contributed by atoms with van der Waals surface area (Å²) in [5.41, 5.74) is 0.896. The Balaban J connectivity index is 1.34. The first-order valence-electron chi connectivity index (χ1n) is 10.7. The van der Waals surface area contributed by atoms with Crippen LogP contribution in [0.15, 0.2) is 42.5 Å². The fourth-order valence-electron chi connectivity index (χ4n) is 3.59. The minimum Gasteiger partial charge on any atom is -0.391 e. The molecule has 0 aliphatic carbocycles. The van der Waals surface area contributed by atoms with Crippen molar-refractivity contribution in [1.29, 1.82) is 0 Å². The predicted molar refractivity (Wildman–Crippen MR) is 127 cm³/mol. The number of hydrogen-bond donors (Lipinski definition) is 3. The lowest BCUT2D eigenvalue weighted by molar-refractivity contribution is -0.123. The number of benzene rings is 2. The molecule has 3 N–H and O–H groups in total. The van der Waals surface area contributed by atoms with Crippen molar-refractivity contribution in [3.05, 3.63) is 63.9 Å². The molecule has 178 valence electrons. The van der Waals surface area contributed by atoms with Crippen molar-refractivity contribution in [2.75, 3.05) is 44.6 Å². The highest BCUT2D eigenvalue weighted by molar-refractivity contribution is 6.35. The minimum atomic E-state index is -0.865. The van der Waals surface area contributed by atoms with Gasteiger partial charge in [0.05, 0.1) is 24.8 Å². The van der Waals surface area contributed by atoms with Crippen LogP contribution in [0.5, 0.6) is 0 Å². The summed E-state index contributed by atoms with van der Waals surface area (Å²) >= 11 is 12.0. The Kier molecular flexibility index (Phi) is 9.46. The molecule has 1 atom stereocenters. The van der Waals surface area contributed by atoms with Gasteiger partial charge in [0.25, 0.3) is 0 Å². The van der Waals surface area contributed by atoms with Crippen LogP contribution in [-0.4, -0.2) is 72.1 Å². The summed E-state index contributed by atoms with van der Waals surface area (Å²) in [6, 6.07) is 11.1. The van der Waals surface area contributed by atoms with Crippen molar-refractivity contribution in [2.24, 2.45) is 0 Å². The molecule has 1 aliphatic heterocycles. The van der Waals surface area contributed by atoms with Crippen LogP contribution in [0.2, 0.25) is 10.0 Å². The second-order valence-electron chi connectivity index (χ2n) is 7.98. The normalized spacial score (nSPS) is 15.8. The third-order valence-electron chi connectivity index (χ3n) is 5.36. The summed E-state index contributed by atoms with van der Waals surface area (Å²) in [5.74, 6) is -1.06. The molecule has 1 unspecified atom stereocenters. The molecule has 0 spiro atoms. The Bertz CT molecular complexity index is 970. The highest BCUT2D eigenvalue weighted by Crippen LogP contribution is 2.20. The number of nitrogens with one attached hydrogen (secondary N) is 2. The zero-order valence-electron chi connectivity index (χ0n) is 18.1. The lowest BCUT2D eigenvalue weighted by Crippen LogP contribution is -2.51. The van der Waals surface area contributed by atoms with Crippen LogP contribution >= 0.6 is 23.2 Å². The quantitative estimate of drug-likeness (QED) is 0.497. The maximum atomic E-state index is 13.6. The van der Waals surface area contributed by atoms with Crippen LogP contribution in [0.4, 0.5) is 10.1 Å². The van der Waals surface area contributed by atoms with Crippen LogP contribution in [-0.2, 0) is 16.1 Å². The summed E-state index contributed by atoms with van der Waals surface area (Å²) in [4.78, 5) is 28.4. The van der Waals surface area contributed by atoms with Gasteiger partial charge in [-0.3, -0.25) is 19.4 Å². The molecule has 10 heteroatoms. The summed E-state index contributed by atoms with van der Waals surface area (Å²) in [6.07, 6.45) is -0.986. The van der Waals surface area contributed by atoms with Gasteiger partial charge in [-0.2, -0.15) is 0 Å². The van der Waals surface area contributed by atoms with Crippen LogP contribution in [0.3, 0.4) is 0 Å². The predicted octanol–water partition coefficient (Wildman–Crippen LogP) is 2.76. The fraction of sp³-hybridized carbons (Fsp3) is 0.391. The van der Waals surface area contributed by atoms with Crippen LogP contribution < -0.4 is 10.6 Å². The number of hydrogen-bond acceptors (Lipinski definition) is 5. The Morgan fingerprint density at radius 3 is 2.42 bits per heavy atom. The first-order chi connectivity index (χ1) is 15.8. The van der Waals surface area contributed by atoms with E-state index in [1.54, 1.807) is 30.3 Å². The van der Waals surface area contributed by atoms with Gasteiger partial charge in [-0.15, -0.1) is 0 Å². The molecule has 0 saturated carbocycles. The van der Waals surface area contributed by atoms with Gasteiger partial charge >= 0.3 is 0 Å². The van der Waals surface area contributed by atoms with Gasteiger partial charge in [0.1, 0.15) is 5.82 Å². The monoisotopic (exact) mass is 496 g/mol. The molecule has 1 saturated heterocycles. The molecule has 2 aromatic carbocycles. The van der Waals surface area contributed by atoms with E-state index in [1.165, 1.54) is 12.1 Å². The summed E-state index contributed by atoms with van der Waals surface area (Å²) < 4.78 is 13.6. The Morgan fingerprint density at radius 1 is 1.03 bits per heavy atom. The molecule has 33 heavy (non-hydrogen) atoms. The van der Waals surface area contributed by atoms with E-state index < -0.39 is 17.8 Å². The van der Waals surface area contributed by atoms with Gasteiger partial charge in [0, 0.05) is 49.3 Å². The van der Waals surface area contributed by atoms with E-state index >= 15 is 0 Å². The molecule has 3 rings (SSSR count). The van der Waals surface area contributed by atoms with E-state index in [9.17, 15) is 19.1 Å². The number of anilines is 1. The molecule has 7 nitrogen and oxygen atoms in total. The van der Waals surface area contributed by atoms with Crippen molar-refractivity contribution in [1.82, 2.24) is 15.1 Å². The first-order valence-corrected chi connectivity index (χ1v) is 11.4. The van der Waals surface area contributed by atoms with Crippen molar-refractivity contribution in [3.63, 3.8) is 0 Å². The van der Waals surface area contributed by atoms with Crippen LogP contribution in [0.25, 0.3) is 0 Å². The van der Waals surface area contributed by atoms with E-state index in [1.807, 2.05) is 9.80 Å². The molecular weight excluding hydrogens is 470 g/mol. The summed E-state index contributed by atoms with van der Waals surface area (Å²) in [5, 5.41) is 16.7. The molecule has 1 heterocycles. The van der Waals surface area contributed by atoms with Crippen molar-refractivity contribution >= 4 is 40.7 Å². The molecule has 0 aromatic heterocycles. The molecule has 2 aromatic rings. The lowest BCUT2D eigenvalue weighted by Gasteiger charge is -2.35. The number of piperazine rings is 1. The van der Waals surface area contributed by atoms with Gasteiger partial charge in [-0.1, -0.05) is 41.4 Å². The van der Waals surface area contributed by atoms with E-state index in [2.05, 4.69) is 10.6 Å². The SMILES string of the molecule is O=C(CN1CCN(CC(O)CC(=O)Nc2ccccc2F)CC1)NCc1ccc(Cl)cc1Cl. The topological polar surface area (TPSA) is 84.9 Å². The number of carbonyl (C=O) groups is 2. The van der Waals surface area contributed by atoms with E-state index in [0.717, 1.165) is 5.56 Å². The van der Waals surface area contributed by atoms with Gasteiger partial charge in [0.2, 0.25) is 11.8 Å². The maximum absolute atomic E-state index is 13.6.